The molecule has 0 saturated carbocycles. The van der Waals surface area contributed by atoms with E-state index in [9.17, 15) is 4.79 Å². The maximum absolute atomic E-state index is 10.6. The fourth-order valence-corrected chi connectivity index (χ4v) is 1.91. The SMILES string of the molecule is O=C(O)Cc1cc(Br)c2ncccn12. The zero-order valence-electron chi connectivity index (χ0n) is 7.14. The van der Waals surface area contributed by atoms with Crippen molar-refractivity contribution in [2.75, 3.05) is 0 Å². The molecule has 2 aromatic rings. The molecular formula is C9H7BrN2O2. The molecule has 0 spiro atoms. The lowest BCUT2D eigenvalue weighted by Gasteiger charge is -1.97. The minimum atomic E-state index is -0.847. The van der Waals surface area contributed by atoms with Gasteiger partial charge in [-0.3, -0.25) is 4.79 Å². The first-order chi connectivity index (χ1) is 6.68. The summed E-state index contributed by atoms with van der Waals surface area (Å²) in [6.45, 7) is 0. The first-order valence-corrected chi connectivity index (χ1v) is 4.80. The lowest BCUT2D eigenvalue weighted by Crippen LogP contribution is -2.03. The fourth-order valence-electron chi connectivity index (χ4n) is 1.35. The van der Waals surface area contributed by atoms with Crippen LogP contribution in [-0.2, 0) is 11.2 Å². The van der Waals surface area contributed by atoms with Crippen molar-refractivity contribution >= 4 is 27.5 Å². The Labute approximate surface area is 88.3 Å². The monoisotopic (exact) mass is 254 g/mol. The highest BCUT2D eigenvalue weighted by atomic mass is 79.9. The van der Waals surface area contributed by atoms with Crippen LogP contribution in [0.1, 0.15) is 5.69 Å². The third kappa shape index (κ3) is 1.50. The molecule has 0 unspecified atom stereocenters. The molecule has 0 aliphatic carbocycles. The number of aromatic nitrogens is 2. The highest BCUT2D eigenvalue weighted by molar-refractivity contribution is 9.10. The van der Waals surface area contributed by atoms with Crippen LogP contribution in [0.3, 0.4) is 0 Å². The number of rotatable bonds is 2. The second-order valence-electron chi connectivity index (χ2n) is 2.87. The molecule has 0 aromatic carbocycles. The van der Waals surface area contributed by atoms with Gasteiger partial charge >= 0.3 is 5.97 Å². The van der Waals surface area contributed by atoms with Crippen LogP contribution in [0.4, 0.5) is 0 Å². The van der Waals surface area contributed by atoms with Crippen molar-refractivity contribution in [1.29, 1.82) is 0 Å². The van der Waals surface area contributed by atoms with E-state index < -0.39 is 5.97 Å². The summed E-state index contributed by atoms with van der Waals surface area (Å²) >= 11 is 3.33. The Morgan fingerprint density at radius 3 is 3.14 bits per heavy atom. The van der Waals surface area contributed by atoms with E-state index in [1.165, 1.54) is 0 Å². The molecule has 0 aliphatic heterocycles. The third-order valence-electron chi connectivity index (χ3n) is 1.89. The molecule has 5 heteroatoms. The van der Waals surface area contributed by atoms with Crippen LogP contribution in [-0.4, -0.2) is 20.5 Å². The van der Waals surface area contributed by atoms with Crippen LogP contribution >= 0.6 is 15.9 Å². The first-order valence-electron chi connectivity index (χ1n) is 4.01. The number of carboxylic acids is 1. The average Bonchev–Trinajstić information content (AvgIpc) is 2.44. The highest BCUT2D eigenvalue weighted by Gasteiger charge is 2.09. The molecule has 14 heavy (non-hydrogen) atoms. The number of hydrogen-bond acceptors (Lipinski definition) is 2. The Balaban J connectivity index is 2.60. The number of carboxylic acid groups (broad SMARTS) is 1. The van der Waals surface area contributed by atoms with E-state index >= 15 is 0 Å². The molecule has 0 amide bonds. The molecule has 2 heterocycles. The molecule has 0 atom stereocenters. The summed E-state index contributed by atoms with van der Waals surface area (Å²) in [5.41, 5.74) is 1.45. The standard InChI is InChI=1S/C9H7BrN2O2/c10-7-4-6(5-8(13)14)12-3-1-2-11-9(7)12/h1-4H,5H2,(H,13,14). The van der Waals surface area contributed by atoms with Gasteiger partial charge in [0.2, 0.25) is 0 Å². The van der Waals surface area contributed by atoms with E-state index in [1.807, 2.05) is 0 Å². The van der Waals surface area contributed by atoms with Crippen LogP contribution in [0.2, 0.25) is 0 Å². The van der Waals surface area contributed by atoms with E-state index in [2.05, 4.69) is 20.9 Å². The molecule has 2 rings (SSSR count). The minimum absolute atomic E-state index is 0.00153. The van der Waals surface area contributed by atoms with Crippen molar-refractivity contribution in [3.8, 4) is 0 Å². The van der Waals surface area contributed by atoms with Gasteiger partial charge in [-0.1, -0.05) is 0 Å². The summed E-state index contributed by atoms with van der Waals surface area (Å²) in [4.78, 5) is 14.7. The van der Waals surface area contributed by atoms with Crippen LogP contribution < -0.4 is 0 Å². The van der Waals surface area contributed by atoms with Gasteiger partial charge in [0.1, 0.15) is 0 Å². The molecule has 0 radical (unpaired) electrons. The predicted molar refractivity (Wildman–Crippen MR) is 54.2 cm³/mol. The molecule has 0 saturated heterocycles. The van der Waals surface area contributed by atoms with Crippen molar-refractivity contribution in [3.05, 3.63) is 34.7 Å². The van der Waals surface area contributed by atoms with Crippen LogP contribution in [0, 0.1) is 0 Å². The summed E-state index contributed by atoms with van der Waals surface area (Å²) < 4.78 is 2.58. The summed E-state index contributed by atoms with van der Waals surface area (Å²) in [5, 5.41) is 8.69. The number of nitrogens with zero attached hydrogens (tertiary/aromatic N) is 2. The topological polar surface area (TPSA) is 54.6 Å². The Hall–Kier alpha value is -1.36. The minimum Gasteiger partial charge on any atom is -0.481 e. The number of fused-ring (bicyclic) bond motifs is 1. The van der Waals surface area contributed by atoms with Crippen molar-refractivity contribution < 1.29 is 9.90 Å². The first kappa shape index (κ1) is 9.21. The Bertz CT molecular complexity index is 493. The molecular weight excluding hydrogens is 248 g/mol. The van der Waals surface area contributed by atoms with Crippen molar-refractivity contribution in [2.24, 2.45) is 0 Å². The predicted octanol–water partition coefficient (Wildman–Crippen LogP) is 1.72. The van der Waals surface area contributed by atoms with E-state index in [0.717, 1.165) is 10.1 Å². The maximum Gasteiger partial charge on any atom is 0.309 e. The van der Waals surface area contributed by atoms with Crippen molar-refractivity contribution in [1.82, 2.24) is 9.38 Å². The van der Waals surface area contributed by atoms with Crippen molar-refractivity contribution in [3.63, 3.8) is 0 Å². The van der Waals surface area contributed by atoms with Gasteiger partial charge in [0.05, 0.1) is 10.9 Å². The molecule has 0 aliphatic rings. The van der Waals surface area contributed by atoms with E-state index in [4.69, 9.17) is 5.11 Å². The summed E-state index contributed by atoms with van der Waals surface area (Å²) in [7, 11) is 0. The quantitative estimate of drug-likeness (QED) is 0.888. The lowest BCUT2D eigenvalue weighted by molar-refractivity contribution is -0.136. The van der Waals surface area contributed by atoms with Crippen LogP contribution in [0.15, 0.2) is 29.0 Å². The lowest BCUT2D eigenvalue weighted by atomic mass is 10.3. The maximum atomic E-state index is 10.6. The Kier molecular flexibility index (Phi) is 2.25. The molecule has 4 nitrogen and oxygen atoms in total. The Morgan fingerprint density at radius 1 is 1.64 bits per heavy atom. The van der Waals surface area contributed by atoms with Gasteiger partial charge in [0.15, 0.2) is 5.65 Å². The molecule has 2 aromatic heterocycles. The van der Waals surface area contributed by atoms with Gasteiger partial charge in [0, 0.05) is 18.1 Å². The summed E-state index contributed by atoms with van der Waals surface area (Å²) in [6, 6.07) is 3.54. The number of halogens is 1. The highest BCUT2D eigenvalue weighted by Crippen LogP contribution is 2.20. The van der Waals surface area contributed by atoms with Gasteiger partial charge in [-0.2, -0.15) is 0 Å². The Morgan fingerprint density at radius 2 is 2.43 bits per heavy atom. The van der Waals surface area contributed by atoms with E-state index in [1.54, 1.807) is 28.9 Å². The molecule has 0 bridgehead atoms. The number of aliphatic carboxylic acids is 1. The molecule has 1 N–H and O–H groups in total. The summed E-state index contributed by atoms with van der Waals surface area (Å²) in [5.74, 6) is -0.847. The number of carbonyl (C=O) groups is 1. The largest absolute Gasteiger partial charge is 0.481 e. The summed E-state index contributed by atoms with van der Waals surface area (Å²) in [6.07, 6.45) is 3.47. The van der Waals surface area contributed by atoms with E-state index in [-0.39, 0.29) is 6.42 Å². The van der Waals surface area contributed by atoms with E-state index in [0.29, 0.717) is 5.69 Å². The fraction of sp³-hybridized carbons (Fsp3) is 0.111. The normalized spacial score (nSPS) is 10.6. The second kappa shape index (κ2) is 3.42. The third-order valence-corrected chi connectivity index (χ3v) is 2.48. The molecule has 72 valence electrons. The molecule has 0 fully saturated rings. The van der Waals surface area contributed by atoms with Crippen molar-refractivity contribution in [2.45, 2.75) is 6.42 Å². The second-order valence-corrected chi connectivity index (χ2v) is 3.72. The van der Waals surface area contributed by atoms with Gasteiger partial charge < -0.3 is 9.51 Å². The van der Waals surface area contributed by atoms with Gasteiger partial charge in [-0.05, 0) is 28.1 Å². The zero-order valence-corrected chi connectivity index (χ0v) is 8.73. The van der Waals surface area contributed by atoms with Gasteiger partial charge in [-0.15, -0.1) is 0 Å². The van der Waals surface area contributed by atoms with Crippen LogP contribution in [0.5, 0.6) is 0 Å². The smallest absolute Gasteiger partial charge is 0.309 e. The average molecular weight is 255 g/mol. The van der Waals surface area contributed by atoms with Gasteiger partial charge in [-0.25, -0.2) is 4.98 Å². The zero-order chi connectivity index (χ0) is 10.1. The van der Waals surface area contributed by atoms with Crippen LogP contribution in [0.25, 0.3) is 5.65 Å². The number of hydrogen-bond donors (Lipinski definition) is 1. The van der Waals surface area contributed by atoms with Gasteiger partial charge in [0.25, 0.3) is 0 Å².